The lowest BCUT2D eigenvalue weighted by Crippen LogP contribution is -2.54. The van der Waals surface area contributed by atoms with E-state index in [1.807, 2.05) is 31.7 Å². The highest BCUT2D eigenvalue weighted by atomic mass is 16.6. The summed E-state index contributed by atoms with van der Waals surface area (Å²) in [6.45, 7) is 10.7. The van der Waals surface area contributed by atoms with Gasteiger partial charge in [-0.1, -0.05) is 0 Å². The highest BCUT2D eigenvalue weighted by Crippen LogP contribution is 2.31. The Hall–Kier alpha value is -4.00. The van der Waals surface area contributed by atoms with Crippen LogP contribution in [0.1, 0.15) is 80.0 Å². The van der Waals surface area contributed by atoms with E-state index in [0.717, 1.165) is 62.6 Å². The number of piperazine rings is 1. The molecular formula is C31H42N6O7. The van der Waals surface area contributed by atoms with Gasteiger partial charge in [0.05, 0.1) is 17.2 Å². The number of alkyl carbamates (subject to hydrolysis) is 1. The largest absolute Gasteiger partial charge is 0.444 e. The Balaban J connectivity index is 1.03. The van der Waals surface area contributed by atoms with Crippen molar-refractivity contribution in [3.05, 3.63) is 29.3 Å². The summed E-state index contributed by atoms with van der Waals surface area (Å²) in [5.74, 6) is -1.91. The monoisotopic (exact) mass is 610 g/mol. The number of carbonyl (C=O) groups excluding carboxylic acids is 6. The molecule has 2 atom stereocenters. The van der Waals surface area contributed by atoms with Crippen LogP contribution < -0.4 is 15.5 Å². The van der Waals surface area contributed by atoms with Crippen LogP contribution in [0.3, 0.4) is 0 Å². The average molecular weight is 611 g/mol. The van der Waals surface area contributed by atoms with Crippen molar-refractivity contribution in [2.45, 2.75) is 77.0 Å². The predicted molar refractivity (Wildman–Crippen MR) is 160 cm³/mol. The van der Waals surface area contributed by atoms with Gasteiger partial charge in [-0.25, -0.2) is 4.79 Å². The molecule has 0 spiro atoms. The Kier molecular flexibility index (Phi) is 9.23. The molecule has 1 aromatic rings. The molecule has 238 valence electrons. The number of rotatable bonds is 8. The maximum absolute atomic E-state index is 13.2. The molecule has 1 unspecified atom stereocenters. The van der Waals surface area contributed by atoms with Crippen LogP contribution in [0.25, 0.3) is 0 Å². The first-order valence-corrected chi connectivity index (χ1v) is 15.5. The lowest BCUT2D eigenvalue weighted by atomic mass is 10.0. The molecule has 4 aliphatic heterocycles. The molecule has 0 aliphatic carbocycles. The Morgan fingerprint density at radius 2 is 1.68 bits per heavy atom. The molecule has 1 aromatic carbocycles. The van der Waals surface area contributed by atoms with E-state index < -0.39 is 41.4 Å². The number of benzene rings is 1. The van der Waals surface area contributed by atoms with Crippen molar-refractivity contribution < 1.29 is 33.5 Å². The van der Waals surface area contributed by atoms with Crippen LogP contribution in [0.4, 0.5) is 10.5 Å². The van der Waals surface area contributed by atoms with Crippen molar-refractivity contribution >= 4 is 41.3 Å². The molecule has 4 heterocycles. The number of hydrogen-bond acceptors (Lipinski definition) is 9. The van der Waals surface area contributed by atoms with Crippen molar-refractivity contribution in [1.82, 2.24) is 25.3 Å². The van der Waals surface area contributed by atoms with Crippen molar-refractivity contribution in [2.75, 3.05) is 50.7 Å². The maximum atomic E-state index is 13.2. The van der Waals surface area contributed by atoms with E-state index in [0.29, 0.717) is 19.5 Å². The summed E-state index contributed by atoms with van der Waals surface area (Å²) in [5.41, 5.74) is 0.859. The van der Waals surface area contributed by atoms with Crippen molar-refractivity contribution in [3.63, 3.8) is 0 Å². The van der Waals surface area contributed by atoms with Crippen LogP contribution in [0, 0.1) is 0 Å². The number of imide groups is 2. The third-order valence-corrected chi connectivity index (χ3v) is 8.54. The Morgan fingerprint density at radius 3 is 2.39 bits per heavy atom. The summed E-state index contributed by atoms with van der Waals surface area (Å²) in [4.78, 5) is 82.0. The lowest BCUT2D eigenvalue weighted by Gasteiger charge is -2.36. The number of ether oxygens (including phenoxy) is 1. The first-order valence-electron chi connectivity index (χ1n) is 15.5. The first-order chi connectivity index (χ1) is 20.9. The highest BCUT2D eigenvalue weighted by molar-refractivity contribution is 6.23. The summed E-state index contributed by atoms with van der Waals surface area (Å²) in [6.07, 6.45) is 2.68. The predicted octanol–water partition coefficient (Wildman–Crippen LogP) is 1.51. The van der Waals surface area contributed by atoms with Crippen LogP contribution in [0.15, 0.2) is 18.2 Å². The molecule has 13 nitrogen and oxygen atoms in total. The van der Waals surface area contributed by atoms with Gasteiger partial charge in [0.15, 0.2) is 0 Å². The van der Waals surface area contributed by atoms with E-state index in [-0.39, 0.29) is 35.9 Å². The van der Waals surface area contributed by atoms with E-state index >= 15 is 0 Å². The summed E-state index contributed by atoms with van der Waals surface area (Å²) >= 11 is 0. The Bertz CT molecular complexity index is 1330. The second-order valence-electron chi connectivity index (χ2n) is 12.9. The third-order valence-electron chi connectivity index (χ3n) is 8.54. The summed E-state index contributed by atoms with van der Waals surface area (Å²) in [5, 5.41) is 5.07. The molecule has 0 saturated carbocycles. The Morgan fingerprint density at radius 1 is 0.955 bits per heavy atom. The number of fused-ring (bicyclic) bond motifs is 1. The van der Waals surface area contributed by atoms with Gasteiger partial charge in [0, 0.05) is 57.8 Å². The SMILES string of the molecule is CC(C)(C)OC(=O)N[C@@H]1CCN(C(=O)CCCCN2CCN(c3ccc4c(c3)C(=O)N(C3CCC(=O)NC3=O)C4=O)CC2)C1. The van der Waals surface area contributed by atoms with E-state index in [1.165, 1.54) is 0 Å². The number of likely N-dealkylation sites (tertiary alicyclic amines) is 1. The van der Waals surface area contributed by atoms with Gasteiger partial charge in [-0.05, 0) is 71.2 Å². The van der Waals surface area contributed by atoms with Crippen molar-refractivity contribution in [2.24, 2.45) is 0 Å². The van der Waals surface area contributed by atoms with Gasteiger partial charge in [0.1, 0.15) is 11.6 Å². The number of unbranched alkanes of at least 4 members (excludes halogenated alkanes) is 1. The molecule has 3 fully saturated rings. The van der Waals surface area contributed by atoms with E-state index in [4.69, 9.17) is 4.74 Å². The van der Waals surface area contributed by atoms with Gasteiger partial charge in [0.25, 0.3) is 11.8 Å². The number of piperidine rings is 1. The first kappa shape index (κ1) is 31.4. The van der Waals surface area contributed by atoms with Crippen LogP contribution in [-0.4, -0.2) is 114 Å². The fourth-order valence-electron chi connectivity index (χ4n) is 6.23. The molecule has 6 amide bonds. The topological polar surface area (TPSA) is 149 Å². The molecule has 0 radical (unpaired) electrons. The summed E-state index contributed by atoms with van der Waals surface area (Å²) in [7, 11) is 0. The van der Waals surface area contributed by atoms with Crippen LogP contribution >= 0.6 is 0 Å². The Labute approximate surface area is 257 Å². The minimum Gasteiger partial charge on any atom is -0.444 e. The molecule has 2 N–H and O–H groups in total. The minimum atomic E-state index is -0.976. The smallest absolute Gasteiger partial charge is 0.407 e. The van der Waals surface area contributed by atoms with Crippen molar-refractivity contribution in [3.8, 4) is 0 Å². The molecule has 4 aliphatic rings. The molecule has 0 aromatic heterocycles. The van der Waals surface area contributed by atoms with Gasteiger partial charge >= 0.3 is 6.09 Å². The van der Waals surface area contributed by atoms with Crippen molar-refractivity contribution in [1.29, 1.82) is 0 Å². The number of carbonyl (C=O) groups is 6. The van der Waals surface area contributed by atoms with Gasteiger partial charge in [-0.15, -0.1) is 0 Å². The lowest BCUT2D eigenvalue weighted by molar-refractivity contribution is -0.136. The van der Waals surface area contributed by atoms with Crippen LogP contribution in [-0.2, 0) is 19.1 Å². The maximum Gasteiger partial charge on any atom is 0.407 e. The van der Waals surface area contributed by atoms with Gasteiger partial charge in [-0.2, -0.15) is 0 Å². The van der Waals surface area contributed by atoms with Gasteiger partial charge in [0.2, 0.25) is 17.7 Å². The molecular weight excluding hydrogens is 568 g/mol. The minimum absolute atomic E-state index is 0.0846. The second-order valence-corrected chi connectivity index (χ2v) is 12.9. The summed E-state index contributed by atoms with van der Waals surface area (Å²) in [6, 6.07) is 4.16. The average Bonchev–Trinajstić information content (AvgIpc) is 3.52. The van der Waals surface area contributed by atoms with Gasteiger partial charge in [-0.3, -0.25) is 39.1 Å². The fourth-order valence-corrected chi connectivity index (χ4v) is 6.23. The molecule has 44 heavy (non-hydrogen) atoms. The number of amides is 6. The molecule has 3 saturated heterocycles. The zero-order valence-corrected chi connectivity index (χ0v) is 25.7. The molecule has 0 bridgehead atoms. The zero-order valence-electron chi connectivity index (χ0n) is 25.7. The number of hydrogen-bond donors (Lipinski definition) is 2. The van der Waals surface area contributed by atoms with Crippen LogP contribution in [0.2, 0.25) is 0 Å². The molecule has 13 heteroatoms. The second kappa shape index (κ2) is 12.9. The quantitative estimate of drug-likeness (QED) is 0.330. The van der Waals surface area contributed by atoms with E-state index in [9.17, 15) is 28.8 Å². The fraction of sp³-hybridized carbons (Fsp3) is 0.613. The number of anilines is 1. The van der Waals surface area contributed by atoms with E-state index in [2.05, 4.69) is 20.4 Å². The highest BCUT2D eigenvalue weighted by Gasteiger charge is 2.44. The number of nitrogens with zero attached hydrogens (tertiary/aromatic N) is 4. The third kappa shape index (κ3) is 7.20. The van der Waals surface area contributed by atoms with Gasteiger partial charge < -0.3 is 19.9 Å². The summed E-state index contributed by atoms with van der Waals surface area (Å²) < 4.78 is 5.31. The standard InChI is InChI=1S/C31H42N6O7/c1-31(2,3)44-30(43)32-20-11-13-36(19-20)26(39)6-4-5-12-34-14-16-35(17-15-34)21-7-8-22-23(18-21)29(42)37(28(22)41)24-9-10-25(38)33-27(24)40/h7-8,18,20,24H,4-6,9-17,19H2,1-3H3,(H,32,43)(H,33,38,40)/t20-,24?/m1/s1. The van der Waals surface area contributed by atoms with E-state index in [1.54, 1.807) is 12.1 Å². The molecule has 5 rings (SSSR count). The normalized spacial score (nSPS) is 22.8. The van der Waals surface area contributed by atoms with Crippen LogP contribution in [0.5, 0.6) is 0 Å². The number of nitrogens with one attached hydrogen (secondary N) is 2. The zero-order chi connectivity index (χ0) is 31.6.